The summed E-state index contributed by atoms with van der Waals surface area (Å²) in [6.07, 6.45) is -3.10. The minimum atomic E-state index is -4.71. The predicted molar refractivity (Wildman–Crippen MR) is 187 cm³/mol. The van der Waals surface area contributed by atoms with Gasteiger partial charge in [0.25, 0.3) is 5.91 Å². The highest BCUT2D eigenvalue weighted by molar-refractivity contribution is 9.10. The third-order valence-corrected chi connectivity index (χ3v) is 11.2. The van der Waals surface area contributed by atoms with Crippen LogP contribution in [0, 0.1) is 0 Å². The second-order valence-electron chi connectivity index (χ2n) is 13.8. The van der Waals surface area contributed by atoms with Crippen molar-refractivity contribution < 1.29 is 32.3 Å². The van der Waals surface area contributed by atoms with E-state index in [4.69, 9.17) is 10.5 Å². The van der Waals surface area contributed by atoms with E-state index in [1.54, 1.807) is 4.90 Å². The zero-order valence-corrected chi connectivity index (χ0v) is 29.8. The van der Waals surface area contributed by atoms with Gasteiger partial charge in [0.2, 0.25) is 0 Å². The normalized spacial score (nSPS) is 21.0. The van der Waals surface area contributed by atoms with E-state index in [2.05, 4.69) is 38.1 Å². The van der Waals surface area contributed by atoms with Crippen molar-refractivity contribution in [2.75, 3.05) is 77.0 Å². The van der Waals surface area contributed by atoms with Gasteiger partial charge in [-0.1, -0.05) is 18.2 Å². The van der Waals surface area contributed by atoms with Gasteiger partial charge in [0.1, 0.15) is 0 Å². The molecule has 3 N–H and O–H groups in total. The first-order chi connectivity index (χ1) is 23.9. The van der Waals surface area contributed by atoms with E-state index in [-0.39, 0.29) is 28.5 Å². The van der Waals surface area contributed by atoms with Crippen LogP contribution in [-0.4, -0.2) is 127 Å². The van der Waals surface area contributed by atoms with Crippen LogP contribution in [0.15, 0.2) is 40.9 Å². The molecule has 4 heterocycles. The predicted octanol–water partition coefficient (Wildman–Crippen LogP) is 4.89. The Morgan fingerprint density at radius 2 is 1.60 bits per heavy atom. The summed E-state index contributed by atoms with van der Waals surface area (Å²) in [5.74, 6) is -0.432. The molecule has 4 amide bonds. The molecule has 4 aliphatic heterocycles. The van der Waals surface area contributed by atoms with E-state index < -0.39 is 35.5 Å². The van der Waals surface area contributed by atoms with E-state index in [0.717, 1.165) is 43.2 Å². The number of para-hydroxylation sites is 1. The van der Waals surface area contributed by atoms with E-state index in [9.17, 15) is 27.6 Å². The number of nitrogens with one attached hydrogen (secondary N) is 1. The number of carbonyl (C=O) groups is 3. The van der Waals surface area contributed by atoms with Crippen molar-refractivity contribution in [2.45, 2.75) is 62.9 Å². The van der Waals surface area contributed by atoms with Crippen molar-refractivity contribution in [3.05, 3.63) is 57.6 Å². The number of rotatable bonds is 6. The number of nitrogens with two attached hydrogens (primary N) is 1. The maximum Gasteiger partial charge on any atom is 0.418 e. The summed E-state index contributed by atoms with van der Waals surface area (Å²) >= 11 is 3.13. The third kappa shape index (κ3) is 8.31. The number of benzene rings is 2. The number of piperidine rings is 2. The standard InChI is InChI=1S/C35H45BrF3N7O4/c1-42-11-7-25(8-12-42)43-16-18-44(19-17-43)32(47)30(22-23-20-27(35(37,38)39)31(40)28(36)21-23)50-34(49)45-13-9-26(10-14-45)46-15-6-24-4-2-3-5-29(24)41-33(46)48/h2-5,20-21,25-26,30H,6-19,22,40H2,1H3,(H,41,48)/t30-/m1/s1. The van der Waals surface area contributed by atoms with Crippen LogP contribution in [-0.2, 0) is 28.5 Å². The Balaban J connectivity index is 1.12. The van der Waals surface area contributed by atoms with Gasteiger partial charge in [-0.05, 0) is 97.5 Å². The second-order valence-corrected chi connectivity index (χ2v) is 14.6. The van der Waals surface area contributed by atoms with Gasteiger partial charge in [-0.2, -0.15) is 13.2 Å². The van der Waals surface area contributed by atoms with Crippen molar-refractivity contribution in [3.63, 3.8) is 0 Å². The smallest absolute Gasteiger partial charge is 0.418 e. The maximum absolute atomic E-state index is 14.0. The van der Waals surface area contributed by atoms with Gasteiger partial charge in [0.15, 0.2) is 6.10 Å². The molecule has 0 bridgehead atoms. The molecule has 3 fully saturated rings. The van der Waals surface area contributed by atoms with E-state index in [1.165, 1.54) is 11.0 Å². The Morgan fingerprint density at radius 1 is 0.940 bits per heavy atom. The number of nitrogens with zero attached hydrogens (tertiary/aromatic N) is 5. The first kappa shape index (κ1) is 36.2. The molecule has 15 heteroatoms. The molecular weight excluding hydrogens is 719 g/mol. The van der Waals surface area contributed by atoms with Crippen LogP contribution in [0.25, 0.3) is 0 Å². The first-order valence-corrected chi connectivity index (χ1v) is 18.1. The minimum absolute atomic E-state index is 0.0503. The molecule has 0 aliphatic carbocycles. The molecule has 50 heavy (non-hydrogen) atoms. The largest absolute Gasteiger partial charge is 0.436 e. The summed E-state index contributed by atoms with van der Waals surface area (Å²) in [6, 6.07) is 10.3. The zero-order valence-electron chi connectivity index (χ0n) is 28.3. The van der Waals surface area contributed by atoms with Crippen molar-refractivity contribution in [3.8, 4) is 0 Å². The SMILES string of the molecule is CN1CCC(N2CCN(C(=O)[C@@H](Cc3cc(Br)c(N)c(C(F)(F)F)c3)OC(=O)N3CCC(N4CCc5ccccc5NC4=O)CC3)CC2)CC1. The van der Waals surface area contributed by atoms with Crippen molar-refractivity contribution in [2.24, 2.45) is 0 Å². The van der Waals surface area contributed by atoms with E-state index in [0.29, 0.717) is 71.1 Å². The van der Waals surface area contributed by atoms with Gasteiger partial charge in [0.05, 0.1) is 11.3 Å². The van der Waals surface area contributed by atoms with E-state index >= 15 is 0 Å². The summed E-state index contributed by atoms with van der Waals surface area (Å²) in [5.41, 5.74) is 6.31. The first-order valence-electron chi connectivity index (χ1n) is 17.3. The number of hydrogen-bond acceptors (Lipinski definition) is 7. The number of carbonyl (C=O) groups excluding carboxylic acids is 3. The molecule has 0 saturated carbocycles. The van der Waals surface area contributed by atoms with Crippen LogP contribution in [0.2, 0.25) is 0 Å². The number of fused-ring (bicyclic) bond motifs is 1. The Kier molecular flexibility index (Phi) is 11.1. The number of halogens is 4. The monoisotopic (exact) mass is 763 g/mol. The van der Waals surface area contributed by atoms with Crippen LogP contribution in [0.5, 0.6) is 0 Å². The molecule has 2 aromatic carbocycles. The number of likely N-dealkylation sites (tertiary alicyclic amines) is 2. The number of alkyl halides is 3. The molecule has 1 atom stereocenters. The Labute approximate surface area is 299 Å². The van der Waals surface area contributed by atoms with Crippen LogP contribution in [0.3, 0.4) is 0 Å². The lowest BCUT2D eigenvalue weighted by Gasteiger charge is -2.42. The van der Waals surface area contributed by atoms with Crippen molar-refractivity contribution in [1.82, 2.24) is 24.5 Å². The topological polar surface area (TPSA) is 115 Å². The number of piperazine rings is 1. The molecular formula is C35H45BrF3N7O4. The summed E-state index contributed by atoms with van der Waals surface area (Å²) in [6.45, 7) is 5.44. The third-order valence-electron chi connectivity index (χ3n) is 10.6. The second kappa shape index (κ2) is 15.4. The number of anilines is 2. The Morgan fingerprint density at radius 3 is 2.28 bits per heavy atom. The van der Waals surface area contributed by atoms with Crippen LogP contribution < -0.4 is 11.1 Å². The molecule has 0 radical (unpaired) electrons. The van der Waals surface area contributed by atoms with Crippen molar-refractivity contribution in [1.29, 1.82) is 0 Å². The van der Waals surface area contributed by atoms with Crippen molar-refractivity contribution >= 4 is 45.3 Å². The lowest BCUT2D eigenvalue weighted by Crippen LogP contribution is -2.56. The fraction of sp³-hybridized carbons (Fsp3) is 0.571. The fourth-order valence-corrected chi connectivity index (χ4v) is 8.09. The number of amides is 4. The average Bonchev–Trinajstić information content (AvgIpc) is 3.27. The van der Waals surface area contributed by atoms with Crippen LogP contribution >= 0.6 is 15.9 Å². The van der Waals surface area contributed by atoms with Crippen LogP contribution in [0.1, 0.15) is 42.4 Å². The molecule has 11 nitrogen and oxygen atoms in total. The highest BCUT2D eigenvalue weighted by Crippen LogP contribution is 2.38. The van der Waals surface area contributed by atoms with Gasteiger partial charge in [-0.25, -0.2) is 9.59 Å². The quantitative estimate of drug-likeness (QED) is 0.403. The number of nitrogen functional groups attached to an aromatic ring is 1. The average molecular weight is 765 g/mol. The lowest BCUT2D eigenvalue weighted by molar-refractivity contribution is -0.143. The van der Waals surface area contributed by atoms with Gasteiger partial charge >= 0.3 is 18.3 Å². The summed E-state index contributed by atoms with van der Waals surface area (Å²) in [7, 11) is 2.11. The van der Waals surface area contributed by atoms with Crippen LogP contribution in [0.4, 0.5) is 34.1 Å². The highest BCUT2D eigenvalue weighted by atomic mass is 79.9. The Hall–Kier alpha value is -3.56. The summed E-state index contributed by atoms with van der Waals surface area (Å²) in [5, 5.41) is 2.99. The van der Waals surface area contributed by atoms with E-state index in [1.807, 2.05) is 29.2 Å². The van der Waals surface area contributed by atoms with Gasteiger partial charge in [-0.3, -0.25) is 9.69 Å². The number of ether oxygens (including phenoxy) is 1. The fourth-order valence-electron chi connectivity index (χ4n) is 7.59. The van der Waals surface area contributed by atoms with Gasteiger partial charge in [0, 0.05) is 74.5 Å². The molecule has 0 aromatic heterocycles. The molecule has 4 aliphatic rings. The molecule has 6 rings (SSSR count). The Bertz CT molecular complexity index is 1560. The number of urea groups is 1. The van der Waals surface area contributed by atoms with Gasteiger partial charge < -0.3 is 35.4 Å². The maximum atomic E-state index is 14.0. The molecule has 3 saturated heterocycles. The summed E-state index contributed by atoms with van der Waals surface area (Å²) < 4.78 is 47.4. The highest BCUT2D eigenvalue weighted by Gasteiger charge is 2.38. The molecule has 272 valence electrons. The molecule has 0 spiro atoms. The minimum Gasteiger partial charge on any atom is -0.436 e. The molecule has 0 unspecified atom stereocenters. The molecule has 2 aromatic rings. The zero-order chi connectivity index (χ0) is 35.6. The lowest BCUT2D eigenvalue weighted by atomic mass is 10.0. The van der Waals surface area contributed by atoms with Gasteiger partial charge in [-0.15, -0.1) is 0 Å². The summed E-state index contributed by atoms with van der Waals surface area (Å²) in [4.78, 5) is 50.3. The number of hydrogen-bond donors (Lipinski definition) is 2.